The second-order valence-corrected chi connectivity index (χ2v) is 7.65. The van der Waals surface area contributed by atoms with Crippen LogP contribution in [0.3, 0.4) is 0 Å². The lowest BCUT2D eigenvalue weighted by Gasteiger charge is -2.02. The monoisotopic (exact) mass is 322 g/mol. The molecule has 1 heteroatoms. The van der Waals surface area contributed by atoms with Crippen LogP contribution in [0.25, 0.3) is 42.1 Å². The zero-order chi connectivity index (χ0) is 15.7. The minimum atomic E-state index is 1.06. The molecule has 1 aliphatic rings. The molecule has 1 aliphatic carbocycles. The summed E-state index contributed by atoms with van der Waals surface area (Å²) in [6.45, 7) is 0. The second-order valence-electron chi connectivity index (χ2n) is 6.60. The highest BCUT2D eigenvalue weighted by molar-refractivity contribution is 7.26. The number of fused-ring (bicyclic) bond motifs is 8. The molecule has 0 unspecified atom stereocenters. The number of hydrogen-bond acceptors (Lipinski definition) is 1. The lowest BCUT2D eigenvalue weighted by Crippen LogP contribution is -1.80. The van der Waals surface area contributed by atoms with Gasteiger partial charge in [-0.05, 0) is 45.2 Å². The molecule has 24 heavy (non-hydrogen) atoms. The Balaban J connectivity index is 1.74. The lowest BCUT2D eigenvalue weighted by atomic mass is 10.0. The van der Waals surface area contributed by atoms with Crippen LogP contribution in [-0.4, -0.2) is 0 Å². The van der Waals surface area contributed by atoms with Crippen molar-refractivity contribution in [1.29, 1.82) is 0 Å². The molecule has 0 saturated heterocycles. The van der Waals surface area contributed by atoms with E-state index >= 15 is 0 Å². The maximum Gasteiger partial charge on any atom is 0.0396 e. The average Bonchev–Trinajstić information content (AvgIpc) is 3.17. The molecule has 0 saturated carbocycles. The number of rotatable bonds is 0. The van der Waals surface area contributed by atoms with Crippen LogP contribution in [0, 0.1) is 0 Å². The van der Waals surface area contributed by atoms with Crippen molar-refractivity contribution < 1.29 is 0 Å². The first kappa shape index (κ1) is 12.7. The van der Waals surface area contributed by atoms with E-state index in [0.717, 1.165) is 6.42 Å². The SMILES string of the molecule is c1ccc2c(c1)Cc1c-2ccc2c1sc1cc3ccccc3cc12. The minimum Gasteiger partial charge on any atom is -0.135 e. The summed E-state index contributed by atoms with van der Waals surface area (Å²) in [5, 5.41) is 5.46. The molecule has 0 amide bonds. The average molecular weight is 322 g/mol. The molecule has 4 aromatic carbocycles. The molecular weight excluding hydrogens is 308 g/mol. The Morgan fingerprint density at radius 3 is 2.38 bits per heavy atom. The van der Waals surface area contributed by atoms with E-state index in [1.807, 2.05) is 11.3 Å². The summed E-state index contributed by atoms with van der Waals surface area (Å²) in [6, 6.07) is 26.8. The predicted octanol–water partition coefficient (Wildman–Crippen LogP) is 6.78. The van der Waals surface area contributed by atoms with Crippen molar-refractivity contribution in [3.63, 3.8) is 0 Å². The van der Waals surface area contributed by atoms with Crippen LogP contribution < -0.4 is 0 Å². The Hall–Kier alpha value is -2.64. The van der Waals surface area contributed by atoms with Crippen molar-refractivity contribution in [3.8, 4) is 11.1 Å². The molecule has 0 fully saturated rings. The van der Waals surface area contributed by atoms with Gasteiger partial charge in [0.2, 0.25) is 0 Å². The van der Waals surface area contributed by atoms with Crippen LogP contribution in [0.1, 0.15) is 11.1 Å². The highest BCUT2D eigenvalue weighted by Crippen LogP contribution is 2.45. The summed E-state index contributed by atoms with van der Waals surface area (Å²) in [5.74, 6) is 0. The summed E-state index contributed by atoms with van der Waals surface area (Å²) in [4.78, 5) is 0. The van der Waals surface area contributed by atoms with Crippen LogP contribution in [0.2, 0.25) is 0 Å². The van der Waals surface area contributed by atoms with E-state index < -0.39 is 0 Å². The molecule has 5 aromatic rings. The standard InChI is InChI=1S/C23H14S/c1-2-6-15-13-22-20(11-14(15)5-1)19-10-9-18-17-8-4-3-7-16(17)12-21(18)23(19)24-22/h1-11,13H,12H2. The van der Waals surface area contributed by atoms with Crippen molar-refractivity contribution in [2.24, 2.45) is 0 Å². The maximum absolute atomic E-state index is 2.36. The third kappa shape index (κ3) is 1.58. The first-order valence-electron chi connectivity index (χ1n) is 8.34. The lowest BCUT2D eigenvalue weighted by molar-refractivity contribution is 1.29. The van der Waals surface area contributed by atoms with E-state index in [9.17, 15) is 0 Å². The van der Waals surface area contributed by atoms with E-state index in [0.29, 0.717) is 0 Å². The van der Waals surface area contributed by atoms with Gasteiger partial charge >= 0.3 is 0 Å². The fourth-order valence-electron chi connectivity index (χ4n) is 4.14. The van der Waals surface area contributed by atoms with Crippen LogP contribution in [-0.2, 0) is 6.42 Å². The van der Waals surface area contributed by atoms with Gasteiger partial charge in [0.25, 0.3) is 0 Å². The largest absolute Gasteiger partial charge is 0.135 e. The van der Waals surface area contributed by atoms with Crippen molar-refractivity contribution in [2.45, 2.75) is 6.42 Å². The first-order chi connectivity index (χ1) is 11.9. The fourth-order valence-corrected chi connectivity index (χ4v) is 5.41. The Kier molecular flexibility index (Phi) is 2.37. The van der Waals surface area contributed by atoms with Gasteiger partial charge in [0, 0.05) is 26.6 Å². The Morgan fingerprint density at radius 2 is 1.46 bits per heavy atom. The van der Waals surface area contributed by atoms with Gasteiger partial charge in [-0.15, -0.1) is 11.3 Å². The van der Waals surface area contributed by atoms with Crippen molar-refractivity contribution in [1.82, 2.24) is 0 Å². The Bertz CT molecular complexity index is 1270. The Labute approximate surface area is 144 Å². The van der Waals surface area contributed by atoms with Gasteiger partial charge in [-0.3, -0.25) is 0 Å². The molecule has 0 bridgehead atoms. The van der Waals surface area contributed by atoms with Crippen molar-refractivity contribution in [2.75, 3.05) is 0 Å². The highest BCUT2D eigenvalue weighted by Gasteiger charge is 2.21. The quantitative estimate of drug-likeness (QED) is 0.289. The van der Waals surface area contributed by atoms with Gasteiger partial charge in [0.15, 0.2) is 0 Å². The van der Waals surface area contributed by atoms with Gasteiger partial charge < -0.3 is 0 Å². The molecule has 0 radical (unpaired) electrons. The third-order valence-corrected chi connectivity index (χ3v) is 6.51. The summed E-state index contributed by atoms with van der Waals surface area (Å²) >= 11 is 1.95. The van der Waals surface area contributed by atoms with E-state index in [2.05, 4.69) is 72.8 Å². The third-order valence-electron chi connectivity index (χ3n) is 5.29. The van der Waals surface area contributed by atoms with Crippen LogP contribution in [0.4, 0.5) is 0 Å². The molecule has 0 nitrogen and oxygen atoms in total. The molecule has 0 spiro atoms. The summed E-state index contributed by atoms with van der Waals surface area (Å²) < 4.78 is 2.86. The topological polar surface area (TPSA) is 0 Å². The molecule has 0 aliphatic heterocycles. The smallest absolute Gasteiger partial charge is 0.0396 e. The van der Waals surface area contributed by atoms with Crippen LogP contribution in [0.5, 0.6) is 0 Å². The number of thiophene rings is 1. The van der Waals surface area contributed by atoms with Crippen LogP contribution in [0.15, 0.2) is 72.8 Å². The van der Waals surface area contributed by atoms with Gasteiger partial charge in [-0.25, -0.2) is 0 Å². The first-order valence-corrected chi connectivity index (χ1v) is 9.15. The van der Waals surface area contributed by atoms with E-state index in [1.165, 1.54) is 53.2 Å². The normalized spacial score (nSPS) is 12.8. The number of benzene rings is 4. The molecule has 1 aromatic heterocycles. The summed E-state index contributed by atoms with van der Waals surface area (Å²) in [5.41, 5.74) is 5.81. The predicted molar refractivity (Wildman–Crippen MR) is 105 cm³/mol. The second kappa shape index (κ2) is 4.46. The zero-order valence-corrected chi connectivity index (χ0v) is 13.9. The molecular formula is C23H14S. The van der Waals surface area contributed by atoms with Gasteiger partial charge in [-0.2, -0.15) is 0 Å². The highest BCUT2D eigenvalue weighted by atomic mass is 32.1. The van der Waals surface area contributed by atoms with Gasteiger partial charge in [0.05, 0.1) is 0 Å². The van der Waals surface area contributed by atoms with Gasteiger partial charge in [0.1, 0.15) is 0 Å². The fraction of sp³-hybridized carbons (Fsp3) is 0.0435. The molecule has 0 N–H and O–H groups in total. The molecule has 112 valence electrons. The molecule has 6 rings (SSSR count). The van der Waals surface area contributed by atoms with E-state index in [-0.39, 0.29) is 0 Å². The van der Waals surface area contributed by atoms with Crippen LogP contribution >= 0.6 is 11.3 Å². The Morgan fingerprint density at radius 1 is 0.667 bits per heavy atom. The van der Waals surface area contributed by atoms with Crippen molar-refractivity contribution in [3.05, 3.63) is 83.9 Å². The number of hydrogen-bond donors (Lipinski definition) is 0. The zero-order valence-electron chi connectivity index (χ0n) is 13.0. The molecule has 0 atom stereocenters. The summed E-state index contributed by atoms with van der Waals surface area (Å²) in [6.07, 6.45) is 1.06. The van der Waals surface area contributed by atoms with E-state index in [1.54, 1.807) is 0 Å². The van der Waals surface area contributed by atoms with Gasteiger partial charge in [-0.1, -0.05) is 60.7 Å². The minimum absolute atomic E-state index is 1.06. The summed E-state index contributed by atoms with van der Waals surface area (Å²) in [7, 11) is 0. The van der Waals surface area contributed by atoms with Crippen molar-refractivity contribution >= 4 is 42.3 Å². The molecule has 1 heterocycles. The van der Waals surface area contributed by atoms with E-state index in [4.69, 9.17) is 0 Å². The maximum atomic E-state index is 2.36.